The molecule has 0 saturated heterocycles. The SMILES string of the molecule is c1ccc(-c2ccc(N(c3ccc(-c4nc(-c5ccccc5)nc(-c5ccccc5)n4)cc3)c3nc4ccccc4c4ccccc34)cc2)cc1. The van der Waals surface area contributed by atoms with E-state index in [0.29, 0.717) is 17.5 Å². The predicted octanol–water partition coefficient (Wildman–Crippen LogP) is 11.7. The van der Waals surface area contributed by atoms with Crippen molar-refractivity contribution in [3.63, 3.8) is 0 Å². The van der Waals surface area contributed by atoms with Gasteiger partial charge in [-0.05, 0) is 59.0 Å². The number of hydrogen-bond donors (Lipinski definition) is 0. The number of rotatable bonds is 7. The number of para-hydroxylation sites is 1. The van der Waals surface area contributed by atoms with Crippen molar-refractivity contribution in [1.29, 1.82) is 0 Å². The van der Waals surface area contributed by atoms with Gasteiger partial charge >= 0.3 is 0 Å². The second-order valence-corrected chi connectivity index (χ2v) is 12.3. The highest BCUT2D eigenvalue weighted by Crippen LogP contribution is 2.41. The zero-order valence-electron chi connectivity index (χ0n) is 27.6. The molecule has 9 aromatic rings. The zero-order chi connectivity index (χ0) is 34.0. The highest BCUT2D eigenvalue weighted by atomic mass is 15.2. The van der Waals surface area contributed by atoms with Gasteiger partial charge in [-0.25, -0.2) is 19.9 Å². The van der Waals surface area contributed by atoms with Crippen LogP contribution in [0.15, 0.2) is 188 Å². The molecule has 2 aromatic heterocycles. The summed E-state index contributed by atoms with van der Waals surface area (Å²) in [5, 5.41) is 3.36. The average molecular weight is 654 g/mol. The summed E-state index contributed by atoms with van der Waals surface area (Å²) in [5.41, 5.74) is 8.03. The predicted molar refractivity (Wildman–Crippen MR) is 209 cm³/mol. The summed E-state index contributed by atoms with van der Waals surface area (Å²) in [4.78, 5) is 22.3. The maximum absolute atomic E-state index is 5.30. The summed E-state index contributed by atoms with van der Waals surface area (Å²) in [6.07, 6.45) is 0. The minimum absolute atomic E-state index is 0.613. The van der Waals surface area contributed by atoms with Crippen LogP contribution in [-0.2, 0) is 0 Å². The summed E-state index contributed by atoms with van der Waals surface area (Å²) < 4.78 is 0. The van der Waals surface area contributed by atoms with Gasteiger partial charge in [0.05, 0.1) is 5.52 Å². The van der Waals surface area contributed by atoms with Gasteiger partial charge in [-0.2, -0.15) is 0 Å². The largest absolute Gasteiger partial charge is 0.295 e. The van der Waals surface area contributed by atoms with E-state index in [-0.39, 0.29) is 0 Å². The van der Waals surface area contributed by atoms with Crippen LogP contribution in [-0.4, -0.2) is 19.9 Å². The van der Waals surface area contributed by atoms with E-state index >= 15 is 0 Å². The number of pyridine rings is 1. The second kappa shape index (κ2) is 13.1. The third kappa shape index (κ3) is 5.87. The summed E-state index contributed by atoms with van der Waals surface area (Å²) >= 11 is 0. The fourth-order valence-electron chi connectivity index (χ4n) is 6.58. The Balaban J connectivity index is 1.19. The summed E-state index contributed by atoms with van der Waals surface area (Å²) in [7, 11) is 0. The van der Waals surface area contributed by atoms with E-state index in [4.69, 9.17) is 19.9 Å². The highest BCUT2D eigenvalue weighted by molar-refractivity contribution is 6.11. The average Bonchev–Trinajstić information content (AvgIpc) is 3.22. The Hall–Kier alpha value is -6.98. The van der Waals surface area contributed by atoms with Crippen LogP contribution >= 0.6 is 0 Å². The molecular weight excluding hydrogens is 623 g/mol. The van der Waals surface area contributed by atoms with Crippen LogP contribution in [0.5, 0.6) is 0 Å². The number of anilines is 3. The number of hydrogen-bond acceptors (Lipinski definition) is 5. The molecule has 0 saturated carbocycles. The second-order valence-electron chi connectivity index (χ2n) is 12.3. The van der Waals surface area contributed by atoms with Crippen molar-refractivity contribution < 1.29 is 0 Å². The maximum Gasteiger partial charge on any atom is 0.164 e. The van der Waals surface area contributed by atoms with Gasteiger partial charge in [-0.3, -0.25) is 4.90 Å². The monoisotopic (exact) mass is 653 g/mol. The Labute approximate surface area is 296 Å². The van der Waals surface area contributed by atoms with Gasteiger partial charge < -0.3 is 0 Å². The van der Waals surface area contributed by atoms with Gasteiger partial charge in [0.1, 0.15) is 5.82 Å². The number of benzene rings is 7. The van der Waals surface area contributed by atoms with Gasteiger partial charge in [0.15, 0.2) is 17.5 Å². The van der Waals surface area contributed by atoms with Crippen LogP contribution in [0.3, 0.4) is 0 Å². The van der Waals surface area contributed by atoms with E-state index in [0.717, 1.165) is 61.1 Å². The van der Waals surface area contributed by atoms with Gasteiger partial charge in [0.25, 0.3) is 0 Å². The molecule has 51 heavy (non-hydrogen) atoms. The molecule has 0 amide bonds. The lowest BCUT2D eigenvalue weighted by Crippen LogP contribution is -2.12. The van der Waals surface area contributed by atoms with Crippen LogP contribution < -0.4 is 4.90 Å². The van der Waals surface area contributed by atoms with Crippen molar-refractivity contribution in [3.8, 4) is 45.3 Å². The standard InChI is InChI=1S/C46H31N5/c1-4-14-32(15-5-1)33-24-28-37(29-25-33)51(46-41-22-11-10-20-39(41)40-21-12-13-23-42(40)47-46)38-30-26-36(27-31-38)45-49-43(34-16-6-2-7-17-34)48-44(50-45)35-18-8-3-9-19-35/h1-31H. The lowest BCUT2D eigenvalue weighted by atomic mass is 10.0. The lowest BCUT2D eigenvalue weighted by Gasteiger charge is -2.26. The van der Waals surface area contributed by atoms with Crippen LogP contribution in [0.2, 0.25) is 0 Å². The van der Waals surface area contributed by atoms with E-state index in [2.05, 4.69) is 120 Å². The molecular formula is C46H31N5. The molecule has 0 atom stereocenters. The van der Waals surface area contributed by atoms with Crippen molar-refractivity contribution in [2.24, 2.45) is 0 Å². The van der Waals surface area contributed by atoms with Crippen molar-refractivity contribution >= 4 is 38.9 Å². The molecule has 0 unspecified atom stereocenters. The maximum atomic E-state index is 5.30. The summed E-state index contributed by atoms with van der Waals surface area (Å²) in [6.45, 7) is 0. The lowest BCUT2D eigenvalue weighted by molar-refractivity contribution is 1.07. The molecule has 0 spiro atoms. The topological polar surface area (TPSA) is 54.8 Å². The van der Waals surface area contributed by atoms with E-state index in [9.17, 15) is 0 Å². The first-order valence-corrected chi connectivity index (χ1v) is 17.0. The quantitative estimate of drug-likeness (QED) is 0.160. The molecule has 0 bridgehead atoms. The van der Waals surface area contributed by atoms with E-state index < -0.39 is 0 Å². The third-order valence-electron chi connectivity index (χ3n) is 9.12. The third-order valence-corrected chi connectivity index (χ3v) is 9.12. The van der Waals surface area contributed by atoms with Gasteiger partial charge in [0.2, 0.25) is 0 Å². The van der Waals surface area contributed by atoms with E-state index in [1.54, 1.807) is 0 Å². The smallest absolute Gasteiger partial charge is 0.164 e. The van der Waals surface area contributed by atoms with E-state index in [1.165, 1.54) is 5.56 Å². The molecule has 0 aliphatic heterocycles. The Morgan fingerprint density at radius 3 is 1.18 bits per heavy atom. The van der Waals surface area contributed by atoms with Crippen LogP contribution in [0.4, 0.5) is 17.2 Å². The number of fused-ring (bicyclic) bond motifs is 3. The van der Waals surface area contributed by atoms with Crippen molar-refractivity contribution in [2.75, 3.05) is 4.90 Å². The first-order chi connectivity index (χ1) is 25.3. The molecule has 0 radical (unpaired) electrons. The minimum atomic E-state index is 0.613. The number of aromatic nitrogens is 4. The van der Waals surface area contributed by atoms with Crippen molar-refractivity contribution in [1.82, 2.24) is 19.9 Å². The van der Waals surface area contributed by atoms with Crippen molar-refractivity contribution in [2.45, 2.75) is 0 Å². The molecule has 240 valence electrons. The van der Waals surface area contributed by atoms with Crippen LogP contribution in [0, 0.1) is 0 Å². The Morgan fingerprint density at radius 1 is 0.275 bits per heavy atom. The van der Waals surface area contributed by atoms with Crippen molar-refractivity contribution in [3.05, 3.63) is 188 Å². The van der Waals surface area contributed by atoms with Crippen LogP contribution in [0.25, 0.3) is 67.0 Å². The molecule has 0 aliphatic rings. The molecule has 7 aromatic carbocycles. The molecule has 9 rings (SSSR count). The zero-order valence-corrected chi connectivity index (χ0v) is 27.6. The molecule has 5 nitrogen and oxygen atoms in total. The highest BCUT2D eigenvalue weighted by Gasteiger charge is 2.20. The first kappa shape index (κ1) is 30.1. The normalized spacial score (nSPS) is 11.1. The Morgan fingerprint density at radius 2 is 0.647 bits per heavy atom. The summed E-state index contributed by atoms with van der Waals surface area (Å²) in [5.74, 6) is 2.75. The Kier molecular flexibility index (Phi) is 7.76. The molecule has 0 aliphatic carbocycles. The van der Waals surface area contributed by atoms with Gasteiger partial charge in [0, 0.05) is 38.8 Å². The Bertz CT molecular complexity index is 2550. The summed E-state index contributed by atoms with van der Waals surface area (Å²) in [6, 6.07) is 64.5. The molecule has 0 fully saturated rings. The van der Waals surface area contributed by atoms with Gasteiger partial charge in [-0.15, -0.1) is 0 Å². The molecule has 5 heteroatoms. The molecule has 2 heterocycles. The van der Waals surface area contributed by atoms with Crippen LogP contribution in [0.1, 0.15) is 0 Å². The fourth-order valence-corrected chi connectivity index (χ4v) is 6.58. The molecule has 0 N–H and O–H groups in total. The van der Waals surface area contributed by atoms with Gasteiger partial charge in [-0.1, -0.05) is 146 Å². The fraction of sp³-hybridized carbons (Fsp3) is 0. The minimum Gasteiger partial charge on any atom is -0.295 e. The first-order valence-electron chi connectivity index (χ1n) is 17.0. The van der Waals surface area contributed by atoms with E-state index in [1.807, 2.05) is 72.8 Å². The number of nitrogens with zero attached hydrogens (tertiary/aromatic N) is 5.